The Hall–Kier alpha value is -1.90. The van der Waals surface area contributed by atoms with E-state index < -0.39 is 0 Å². The number of fused-ring (bicyclic) bond motifs is 2. The van der Waals surface area contributed by atoms with Gasteiger partial charge < -0.3 is 5.32 Å². The summed E-state index contributed by atoms with van der Waals surface area (Å²) in [5.74, 6) is 1.70. The maximum absolute atomic E-state index is 4.41. The van der Waals surface area contributed by atoms with Gasteiger partial charge in [0, 0.05) is 23.7 Å². The molecule has 1 aromatic heterocycles. The predicted molar refractivity (Wildman–Crippen MR) is 75.4 cm³/mol. The van der Waals surface area contributed by atoms with Crippen molar-refractivity contribution < 1.29 is 0 Å². The van der Waals surface area contributed by atoms with E-state index in [-0.39, 0.29) is 0 Å². The number of aryl methyl sites for hydroxylation is 1. The molecule has 0 aliphatic heterocycles. The van der Waals surface area contributed by atoms with Crippen molar-refractivity contribution in [2.45, 2.75) is 31.6 Å². The average molecular weight is 251 g/mol. The van der Waals surface area contributed by atoms with Crippen molar-refractivity contribution in [1.29, 1.82) is 0 Å². The molecule has 1 atom stereocenters. The van der Waals surface area contributed by atoms with Crippen LogP contribution >= 0.6 is 0 Å². The van der Waals surface area contributed by atoms with Gasteiger partial charge in [-0.3, -0.25) is 0 Å². The highest BCUT2D eigenvalue weighted by molar-refractivity contribution is 5.49. The van der Waals surface area contributed by atoms with Crippen LogP contribution in [0, 0.1) is 0 Å². The van der Waals surface area contributed by atoms with Gasteiger partial charge in [-0.25, -0.2) is 9.97 Å². The lowest BCUT2D eigenvalue weighted by molar-refractivity contribution is 0.634. The molecule has 1 N–H and O–H groups in total. The number of nitrogens with zero attached hydrogens (tertiary/aromatic N) is 2. The van der Waals surface area contributed by atoms with Crippen LogP contribution in [0.25, 0.3) is 0 Å². The molecule has 0 fully saturated rings. The quantitative estimate of drug-likeness (QED) is 0.911. The third-order valence-electron chi connectivity index (χ3n) is 4.35. The van der Waals surface area contributed by atoms with Crippen LogP contribution in [0.4, 0.5) is 5.82 Å². The summed E-state index contributed by atoms with van der Waals surface area (Å²) in [6.07, 6.45) is 6.34. The zero-order chi connectivity index (χ0) is 12.7. The van der Waals surface area contributed by atoms with Crippen molar-refractivity contribution in [1.82, 2.24) is 9.97 Å². The zero-order valence-electron chi connectivity index (χ0n) is 10.9. The van der Waals surface area contributed by atoms with Gasteiger partial charge in [0.05, 0.1) is 0 Å². The molecule has 0 amide bonds. The summed E-state index contributed by atoms with van der Waals surface area (Å²) in [4.78, 5) is 8.78. The van der Waals surface area contributed by atoms with Gasteiger partial charge in [-0.05, 0) is 36.8 Å². The van der Waals surface area contributed by atoms with Crippen LogP contribution in [0.2, 0.25) is 0 Å². The van der Waals surface area contributed by atoms with Crippen molar-refractivity contribution in [3.05, 3.63) is 53.0 Å². The second-order valence-electron chi connectivity index (χ2n) is 5.48. The normalized spacial score (nSPS) is 19.5. The van der Waals surface area contributed by atoms with Gasteiger partial charge in [-0.1, -0.05) is 24.3 Å². The van der Waals surface area contributed by atoms with Crippen molar-refractivity contribution in [2.24, 2.45) is 0 Å². The number of nitrogens with one attached hydrogen (secondary N) is 1. The molecule has 0 saturated carbocycles. The van der Waals surface area contributed by atoms with Crippen LogP contribution < -0.4 is 5.32 Å². The monoisotopic (exact) mass is 251 g/mol. The Bertz CT molecular complexity index is 621. The molecule has 2 aromatic rings. The third kappa shape index (κ3) is 1.81. The zero-order valence-corrected chi connectivity index (χ0v) is 10.9. The molecule has 1 unspecified atom stereocenters. The fourth-order valence-electron chi connectivity index (χ4n) is 3.28. The molecule has 4 rings (SSSR count). The van der Waals surface area contributed by atoms with Gasteiger partial charge in [-0.2, -0.15) is 0 Å². The minimum absolute atomic E-state index is 0.642. The second kappa shape index (κ2) is 4.34. The van der Waals surface area contributed by atoms with Crippen LogP contribution in [0.1, 0.15) is 34.7 Å². The van der Waals surface area contributed by atoms with E-state index >= 15 is 0 Å². The Kier molecular flexibility index (Phi) is 2.50. The van der Waals surface area contributed by atoms with E-state index in [4.69, 9.17) is 0 Å². The number of benzene rings is 1. The van der Waals surface area contributed by atoms with Crippen molar-refractivity contribution in [3.63, 3.8) is 0 Å². The molecule has 0 radical (unpaired) electrons. The molecule has 2 aliphatic carbocycles. The highest BCUT2D eigenvalue weighted by Gasteiger charge is 2.25. The first kappa shape index (κ1) is 11.0. The minimum atomic E-state index is 0.642. The first-order chi connectivity index (χ1) is 9.42. The number of anilines is 1. The van der Waals surface area contributed by atoms with Crippen LogP contribution in [0.15, 0.2) is 30.6 Å². The van der Waals surface area contributed by atoms with Gasteiger partial charge in [0.25, 0.3) is 0 Å². The summed E-state index contributed by atoms with van der Waals surface area (Å²) in [5, 5.41) is 3.54. The Balaban J connectivity index is 1.49. The van der Waals surface area contributed by atoms with Gasteiger partial charge in [0.1, 0.15) is 12.1 Å². The Labute approximate surface area is 113 Å². The molecule has 0 spiro atoms. The second-order valence-corrected chi connectivity index (χ2v) is 5.48. The molecule has 3 heteroatoms. The molecule has 3 nitrogen and oxygen atoms in total. The van der Waals surface area contributed by atoms with E-state index in [1.54, 1.807) is 6.33 Å². The highest BCUT2D eigenvalue weighted by Crippen LogP contribution is 2.35. The third-order valence-corrected chi connectivity index (χ3v) is 4.35. The van der Waals surface area contributed by atoms with E-state index in [1.807, 2.05) is 0 Å². The predicted octanol–water partition coefficient (Wildman–Crippen LogP) is 2.72. The molecule has 1 aromatic carbocycles. The summed E-state index contributed by atoms with van der Waals surface area (Å²) >= 11 is 0. The fourth-order valence-corrected chi connectivity index (χ4v) is 3.28. The first-order valence-corrected chi connectivity index (χ1v) is 7.06. The molecule has 96 valence electrons. The Morgan fingerprint density at radius 1 is 1.16 bits per heavy atom. The highest BCUT2D eigenvalue weighted by atomic mass is 15.0. The molecule has 2 aliphatic rings. The number of hydrogen-bond acceptors (Lipinski definition) is 3. The lowest BCUT2D eigenvalue weighted by atomic mass is 9.77. The van der Waals surface area contributed by atoms with E-state index in [9.17, 15) is 0 Å². The minimum Gasteiger partial charge on any atom is -0.369 e. The number of aromatic nitrogens is 2. The average Bonchev–Trinajstić information content (AvgIpc) is 2.89. The van der Waals surface area contributed by atoms with Gasteiger partial charge in [-0.15, -0.1) is 0 Å². The summed E-state index contributed by atoms with van der Waals surface area (Å²) in [7, 11) is 0. The lowest BCUT2D eigenvalue weighted by Gasteiger charge is -2.30. The van der Waals surface area contributed by atoms with Gasteiger partial charge >= 0.3 is 0 Å². The van der Waals surface area contributed by atoms with Crippen LogP contribution in [-0.2, 0) is 19.3 Å². The van der Waals surface area contributed by atoms with Crippen LogP contribution in [-0.4, -0.2) is 16.5 Å². The van der Waals surface area contributed by atoms with Crippen molar-refractivity contribution in [2.75, 3.05) is 11.9 Å². The van der Waals surface area contributed by atoms with Crippen molar-refractivity contribution >= 4 is 5.82 Å². The number of hydrogen-bond donors (Lipinski definition) is 1. The standard InChI is InChI=1S/C16H17N3/c1-2-5-13-11(4-1)8-12(13)9-17-16-14-6-3-7-15(14)18-10-19-16/h1-2,4-5,10,12H,3,6-9H2,(H,17,18,19). The summed E-state index contributed by atoms with van der Waals surface area (Å²) in [6, 6.07) is 8.73. The molecular formula is C16H17N3. The molecule has 19 heavy (non-hydrogen) atoms. The SMILES string of the molecule is c1ccc2c(c1)CC2CNc1ncnc2c1CCC2. The molecule has 0 bridgehead atoms. The summed E-state index contributed by atoms with van der Waals surface area (Å²) in [6.45, 7) is 0.987. The molecule has 0 saturated heterocycles. The van der Waals surface area contributed by atoms with Crippen LogP contribution in [0.3, 0.4) is 0 Å². The first-order valence-electron chi connectivity index (χ1n) is 7.06. The van der Waals surface area contributed by atoms with E-state index in [0.717, 1.165) is 25.2 Å². The Morgan fingerprint density at radius 3 is 3.05 bits per heavy atom. The molecular weight excluding hydrogens is 234 g/mol. The van der Waals surface area contributed by atoms with Crippen LogP contribution in [0.5, 0.6) is 0 Å². The van der Waals surface area contributed by atoms with E-state index in [1.165, 1.54) is 35.2 Å². The maximum atomic E-state index is 4.41. The summed E-state index contributed by atoms with van der Waals surface area (Å²) in [5.41, 5.74) is 5.59. The topological polar surface area (TPSA) is 37.8 Å². The summed E-state index contributed by atoms with van der Waals surface area (Å²) < 4.78 is 0. The van der Waals surface area contributed by atoms with Gasteiger partial charge in [0.15, 0.2) is 0 Å². The smallest absolute Gasteiger partial charge is 0.132 e. The van der Waals surface area contributed by atoms with Crippen molar-refractivity contribution in [3.8, 4) is 0 Å². The maximum Gasteiger partial charge on any atom is 0.132 e. The largest absolute Gasteiger partial charge is 0.369 e. The lowest BCUT2D eigenvalue weighted by Crippen LogP contribution is -2.24. The van der Waals surface area contributed by atoms with Gasteiger partial charge in [0.2, 0.25) is 0 Å². The van der Waals surface area contributed by atoms with E-state index in [0.29, 0.717) is 5.92 Å². The fraction of sp³-hybridized carbons (Fsp3) is 0.375. The Morgan fingerprint density at radius 2 is 2.11 bits per heavy atom. The molecule has 1 heterocycles. The van der Waals surface area contributed by atoms with E-state index in [2.05, 4.69) is 39.6 Å². The number of rotatable bonds is 3.